The summed E-state index contributed by atoms with van der Waals surface area (Å²) in [7, 11) is 1.54. The number of carbonyl (C=O) groups is 1. The van der Waals surface area contributed by atoms with E-state index < -0.39 is 5.97 Å². The van der Waals surface area contributed by atoms with Crippen molar-refractivity contribution in [1.82, 2.24) is 9.78 Å². The Morgan fingerprint density at radius 3 is 2.80 bits per heavy atom. The number of nitrogens with zero attached hydrogens (tertiary/aromatic N) is 2. The number of hydrogen-bond donors (Lipinski definition) is 2. The van der Waals surface area contributed by atoms with Crippen LogP contribution >= 0.6 is 11.8 Å². The van der Waals surface area contributed by atoms with Gasteiger partial charge in [-0.1, -0.05) is 19.1 Å². The van der Waals surface area contributed by atoms with Crippen molar-refractivity contribution in [1.29, 1.82) is 0 Å². The third-order valence-corrected chi connectivity index (χ3v) is 3.55. The van der Waals surface area contributed by atoms with Crippen molar-refractivity contribution in [2.24, 2.45) is 0 Å². The van der Waals surface area contributed by atoms with Crippen molar-refractivity contribution < 1.29 is 14.6 Å². The van der Waals surface area contributed by atoms with Crippen LogP contribution in [0.2, 0.25) is 0 Å². The number of benzene rings is 1. The molecule has 0 aliphatic rings. The highest BCUT2D eigenvalue weighted by Gasteiger charge is 2.23. The molecule has 6 nitrogen and oxygen atoms in total. The number of carboxylic acids is 1. The number of nitrogens with two attached hydrogens (primary N) is 1. The van der Waals surface area contributed by atoms with E-state index in [0.717, 1.165) is 0 Å². The summed E-state index contributed by atoms with van der Waals surface area (Å²) in [6.07, 6.45) is 0. The fourth-order valence-corrected chi connectivity index (χ4v) is 2.59. The van der Waals surface area contributed by atoms with Gasteiger partial charge < -0.3 is 15.6 Å². The number of carboxylic acid groups (broad SMARTS) is 1. The molecule has 20 heavy (non-hydrogen) atoms. The summed E-state index contributed by atoms with van der Waals surface area (Å²) in [5.74, 6) is 0.298. The van der Waals surface area contributed by atoms with E-state index in [0.29, 0.717) is 22.2 Å². The summed E-state index contributed by atoms with van der Waals surface area (Å²) in [5, 5.41) is 14.0. The van der Waals surface area contributed by atoms with Crippen LogP contribution in [-0.2, 0) is 0 Å². The normalized spacial score (nSPS) is 10.5. The zero-order chi connectivity index (χ0) is 14.7. The van der Waals surface area contributed by atoms with E-state index in [-0.39, 0.29) is 11.4 Å². The second-order valence-electron chi connectivity index (χ2n) is 3.89. The molecule has 7 heteroatoms. The first-order valence-electron chi connectivity index (χ1n) is 5.98. The lowest BCUT2D eigenvalue weighted by atomic mass is 10.3. The molecule has 0 unspecified atom stereocenters. The van der Waals surface area contributed by atoms with Crippen LogP contribution in [-0.4, -0.2) is 33.7 Å². The van der Waals surface area contributed by atoms with E-state index in [1.807, 2.05) is 19.1 Å². The highest BCUT2D eigenvalue weighted by Crippen LogP contribution is 2.31. The van der Waals surface area contributed by atoms with Crippen LogP contribution in [0.25, 0.3) is 5.69 Å². The molecule has 0 amide bonds. The van der Waals surface area contributed by atoms with Gasteiger partial charge in [-0.2, -0.15) is 5.10 Å². The van der Waals surface area contributed by atoms with Gasteiger partial charge >= 0.3 is 5.97 Å². The molecule has 0 aliphatic heterocycles. The minimum absolute atomic E-state index is 0.0303. The van der Waals surface area contributed by atoms with Gasteiger partial charge in [0.2, 0.25) is 0 Å². The van der Waals surface area contributed by atoms with Crippen LogP contribution in [0.3, 0.4) is 0 Å². The zero-order valence-electron chi connectivity index (χ0n) is 11.2. The zero-order valence-corrected chi connectivity index (χ0v) is 12.0. The number of thioether (sulfide) groups is 1. The van der Waals surface area contributed by atoms with Crippen LogP contribution in [0, 0.1) is 0 Å². The fourth-order valence-electron chi connectivity index (χ4n) is 1.84. The van der Waals surface area contributed by atoms with Gasteiger partial charge in [0.25, 0.3) is 0 Å². The highest BCUT2D eigenvalue weighted by atomic mass is 32.2. The summed E-state index contributed by atoms with van der Waals surface area (Å²) >= 11 is 1.34. The van der Waals surface area contributed by atoms with Crippen LogP contribution in [0.1, 0.15) is 17.3 Å². The van der Waals surface area contributed by atoms with Crippen molar-refractivity contribution >= 4 is 23.5 Å². The molecule has 106 valence electrons. The number of methoxy groups -OCH3 is 1. The van der Waals surface area contributed by atoms with Gasteiger partial charge in [0.15, 0.2) is 0 Å². The quantitative estimate of drug-likeness (QED) is 0.822. The SMILES string of the molecule is CCSc1nn(-c2ccccc2OC)c(N)c1C(=O)O. The molecule has 0 spiro atoms. The van der Waals surface area contributed by atoms with Gasteiger partial charge in [0, 0.05) is 0 Å². The summed E-state index contributed by atoms with van der Waals surface area (Å²) in [6.45, 7) is 1.93. The summed E-state index contributed by atoms with van der Waals surface area (Å²) in [6, 6.07) is 7.17. The summed E-state index contributed by atoms with van der Waals surface area (Å²) in [5.41, 5.74) is 6.58. The van der Waals surface area contributed by atoms with E-state index in [1.165, 1.54) is 16.4 Å². The molecule has 1 aromatic carbocycles. The van der Waals surface area contributed by atoms with Gasteiger partial charge in [0.1, 0.15) is 27.8 Å². The smallest absolute Gasteiger partial charge is 0.342 e. The molecular weight excluding hydrogens is 278 g/mol. The Balaban J connectivity index is 2.63. The Hall–Kier alpha value is -2.15. The second-order valence-corrected chi connectivity index (χ2v) is 5.14. The number of hydrogen-bond acceptors (Lipinski definition) is 5. The van der Waals surface area contributed by atoms with Crippen molar-refractivity contribution in [2.75, 3.05) is 18.6 Å². The van der Waals surface area contributed by atoms with Gasteiger partial charge in [-0.05, 0) is 17.9 Å². The average molecular weight is 293 g/mol. The number of nitrogen functional groups attached to an aromatic ring is 1. The molecule has 3 N–H and O–H groups in total. The molecule has 1 aromatic heterocycles. The minimum Gasteiger partial charge on any atom is -0.494 e. The third kappa shape index (κ3) is 2.44. The number of anilines is 1. The summed E-state index contributed by atoms with van der Waals surface area (Å²) in [4.78, 5) is 11.3. The van der Waals surface area contributed by atoms with Gasteiger partial charge in [0.05, 0.1) is 7.11 Å². The fraction of sp³-hybridized carbons (Fsp3) is 0.231. The maximum Gasteiger partial charge on any atom is 0.342 e. The van der Waals surface area contributed by atoms with E-state index in [4.69, 9.17) is 10.5 Å². The molecule has 0 bridgehead atoms. The van der Waals surface area contributed by atoms with Crippen LogP contribution < -0.4 is 10.5 Å². The molecule has 0 aliphatic carbocycles. The predicted octanol–water partition coefficient (Wildman–Crippen LogP) is 2.27. The van der Waals surface area contributed by atoms with Crippen molar-refractivity contribution in [2.45, 2.75) is 11.9 Å². The van der Waals surface area contributed by atoms with E-state index in [1.54, 1.807) is 19.2 Å². The Labute approximate surface area is 120 Å². The van der Waals surface area contributed by atoms with Crippen molar-refractivity contribution in [3.8, 4) is 11.4 Å². The first-order chi connectivity index (χ1) is 9.60. The second kappa shape index (κ2) is 5.87. The lowest BCUT2D eigenvalue weighted by Crippen LogP contribution is -2.06. The summed E-state index contributed by atoms with van der Waals surface area (Å²) < 4.78 is 6.66. The number of aromatic nitrogens is 2. The largest absolute Gasteiger partial charge is 0.494 e. The topological polar surface area (TPSA) is 90.4 Å². The average Bonchev–Trinajstić information content (AvgIpc) is 2.76. The Kier molecular flexibility index (Phi) is 4.19. The molecule has 2 aromatic rings. The molecule has 0 saturated carbocycles. The van der Waals surface area contributed by atoms with Crippen molar-refractivity contribution in [3.05, 3.63) is 29.8 Å². The first kappa shape index (κ1) is 14.3. The maximum absolute atomic E-state index is 11.3. The predicted molar refractivity (Wildman–Crippen MR) is 77.9 cm³/mol. The lowest BCUT2D eigenvalue weighted by molar-refractivity contribution is 0.0694. The number of para-hydroxylation sites is 2. The number of aromatic carboxylic acids is 1. The highest BCUT2D eigenvalue weighted by molar-refractivity contribution is 7.99. The molecule has 2 rings (SSSR count). The molecule has 0 fully saturated rings. The Bertz CT molecular complexity index is 640. The number of ether oxygens (including phenoxy) is 1. The Morgan fingerprint density at radius 2 is 2.20 bits per heavy atom. The monoisotopic (exact) mass is 293 g/mol. The van der Waals surface area contributed by atoms with Crippen LogP contribution in [0.5, 0.6) is 5.75 Å². The third-order valence-electron chi connectivity index (χ3n) is 2.70. The van der Waals surface area contributed by atoms with Gasteiger partial charge in [-0.15, -0.1) is 11.8 Å². The van der Waals surface area contributed by atoms with E-state index in [9.17, 15) is 9.90 Å². The first-order valence-corrected chi connectivity index (χ1v) is 6.96. The van der Waals surface area contributed by atoms with Crippen LogP contribution in [0.4, 0.5) is 5.82 Å². The van der Waals surface area contributed by atoms with Gasteiger partial charge in [-0.3, -0.25) is 0 Å². The standard InChI is InChI=1S/C13H15N3O3S/c1-3-20-12-10(13(17)18)11(14)16(15-12)8-6-4-5-7-9(8)19-2/h4-7H,3,14H2,1-2H3,(H,17,18). The molecular formula is C13H15N3O3S. The van der Waals surface area contributed by atoms with E-state index in [2.05, 4.69) is 5.10 Å². The van der Waals surface area contributed by atoms with Crippen molar-refractivity contribution in [3.63, 3.8) is 0 Å². The molecule has 1 heterocycles. The maximum atomic E-state index is 11.3. The van der Waals surface area contributed by atoms with Crippen LogP contribution in [0.15, 0.2) is 29.3 Å². The van der Waals surface area contributed by atoms with Gasteiger partial charge in [-0.25, -0.2) is 9.48 Å². The Morgan fingerprint density at radius 1 is 1.50 bits per heavy atom. The minimum atomic E-state index is -1.08. The number of rotatable bonds is 5. The molecule has 0 atom stereocenters. The molecule has 0 saturated heterocycles. The molecule has 0 radical (unpaired) electrons. The lowest BCUT2D eigenvalue weighted by Gasteiger charge is -2.09. The van der Waals surface area contributed by atoms with E-state index >= 15 is 0 Å².